The van der Waals surface area contributed by atoms with E-state index in [1.54, 1.807) is 0 Å². The molecular formula is C17H23Cl3N4. The normalized spacial score (nSPS) is 15.8. The molecular weight excluding hydrogens is 367 g/mol. The molecule has 1 aliphatic rings. The smallest absolute Gasteiger partial charge is 0.222 e. The Morgan fingerprint density at radius 1 is 1.17 bits per heavy atom. The number of aromatic nitrogens is 2. The highest BCUT2D eigenvalue weighted by molar-refractivity contribution is 6.31. The number of halogens is 3. The summed E-state index contributed by atoms with van der Waals surface area (Å²) in [6, 6.07) is 10.1. The summed E-state index contributed by atoms with van der Waals surface area (Å²) < 4.78 is 0. The van der Waals surface area contributed by atoms with Crippen LogP contribution in [-0.2, 0) is 5.41 Å². The molecule has 0 amide bonds. The lowest BCUT2D eigenvalue weighted by Gasteiger charge is -2.38. The topological polar surface area (TPSA) is 49.8 Å². The van der Waals surface area contributed by atoms with Gasteiger partial charge in [0.25, 0.3) is 0 Å². The fraction of sp³-hybridized carbons (Fsp3) is 0.412. The molecule has 3 rings (SSSR count). The van der Waals surface area contributed by atoms with Crippen molar-refractivity contribution in [2.24, 2.45) is 0 Å². The van der Waals surface area contributed by atoms with E-state index in [-0.39, 0.29) is 30.2 Å². The van der Waals surface area contributed by atoms with E-state index < -0.39 is 0 Å². The molecule has 0 aliphatic carbocycles. The molecule has 0 spiro atoms. The second-order valence-electron chi connectivity index (χ2n) is 5.61. The third-order valence-corrected chi connectivity index (χ3v) is 4.66. The molecule has 2 aromatic rings. The van der Waals surface area contributed by atoms with Gasteiger partial charge in [0.05, 0.1) is 5.69 Å². The first-order valence-corrected chi connectivity index (χ1v) is 8.17. The van der Waals surface area contributed by atoms with Gasteiger partial charge < -0.3 is 10.6 Å². The van der Waals surface area contributed by atoms with Gasteiger partial charge in [-0.2, -0.15) is 0 Å². The van der Waals surface area contributed by atoms with Crippen LogP contribution in [0.5, 0.6) is 0 Å². The SMILES string of the molecule is CCNc1nccc(C2(c3ccccc3Cl)CCNCC2)n1.Cl.Cl. The van der Waals surface area contributed by atoms with Crippen LogP contribution in [0.3, 0.4) is 0 Å². The molecule has 1 aromatic carbocycles. The fourth-order valence-electron chi connectivity index (χ4n) is 3.23. The highest BCUT2D eigenvalue weighted by atomic mass is 35.5. The lowest BCUT2D eigenvalue weighted by atomic mass is 9.70. The Hall–Kier alpha value is -1.07. The molecule has 7 heteroatoms. The van der Waals surface area contributed by atoms with Crippen LogP contribution in [0.4, 0.5) is 5.95 Å². The minimum atomic E-state index is -0.142. The van der Waals surface area contributed by atoms with Crippen LogP contribution in [0.1, 0.15) is 31.0 Å². The Kier molecular flexibility index (Phi) is 8.23. The van der Waals surface area contributed by atoms with Crippen molar-refractivity contribution in [1.29, 1.82) is 0 Å². The molecule has 1 aromatic heterocycles. The highest BCUT2D eigenvalue weighted by Crippen LogP contribution is 2.42. The van der Waals surface area contributed by atoms with Gasteiger partial charge in [-0.3, -0.25) is 0 Å². The largest absolute Gasteiger partial charge is 0.354 e. The number of hydrogen-bond acceptors (Lipinski definition) is 4. The molecule has 0 bridgehead atoms. The summed E-state index contributed by atoms with van der Waals surface area (Å²) in [7, 11) is 0. The van der Waals surface area contributed by atoms with Crippen molar-refractivity contribution in [1.82, 2.24) is 15.3 Å². The fourth-order valence-corrected chi connectivity index (χ4v) is 3.55. The summed E-state index contributed by atoms with van der Waals surface area (Å²) >= 11 is 6.52. The minimum absolute atomic E-state index is 0. The van der Waals surface area contributed by atoms with E-state index in [1.807, 2.05) is 31.3 Å². The maximum Gasteiger partial charge on any atom is 0.222 e. The number of nitrogens with zero attached hydrogens (tertiary/aromatic N) is 2. The Morgan fingerprint density at radius 2 is 1.88 bits per heavy atom. The van der Waals surface area contributed by atoms with Crippen molar-refractivity contribution < 1.29 is 0 Å². The molecule has 0 radical (unpaired) electrons. The highest BCUT2D eigenvalue weighted by Gasteiger charge is 2.38. The molecule has 24 heavy (non-hydrogen) atoms. The Labute approximate surface area is 160 Å². The lowest BCUT2D eigenvalue weighted by molar-refractivity contribution is 0.354. The second kappa shape index (κ2) is 9.42. The zero-order chi connectivity index (χ0) is 15.4. The van der Waals surface area contributed by atoms with Crippen molar-refractivity contribution in [2.45, 2.75) is 25.2 Å². The Balaban J connectivity index is 0.00000144. The Bertz CT molecular complexity index is 645. The number of anilines is 1. The first-order chi connectivity index (χ1) is 10.8. The van der Waals surface area contributed by atoms with Crippen molar-refractivity contribution in [3.05, 3.63) is 52.8 Å². The maximum absolute atomic E-state index is 6.52. The average molecular weight is 390 g/mol. The van der Waals surface area contributed by atoms with E-state index in [0.717, 1.165) is 43.2 Å². The first-order valence-electron chi connectivity index (χ1n) is 7.79. The molecule has 4 nitrogen and oxygen atoms in total. The monoisotopic (exact) mass is 388 g/mol. The summed E-state index contributed by atoms with van der Waals surface area (Å²) in [6.07, 6.45) is 3.81. The van der Waals surface area contributed by atoms with Gasteiger partial charge in [0.1, 0.15) is 0 Å². The van der Waals surface area contributed by atoms with Crippen molar-refractivity contribution >= 4 is 42.4 Å². The number of piperidine rings is 1. The molecule has 1 fully saturated rings. The first kappa shape index (κ1) is 21.0. The molecule has 2 N–H and O–H groups in total. The van der Waals surface area contributed by atoms with Gasteiger partial charge in [0.2, 0.25) is 5.95 Å². The third-order valence-electron chi connectivity index (χ3n) is 4.33. The van der Waals surface area contributed by atoms with Crippen molar-refractivity contribution in [3.63, 3.8) is 0 Å². The average Bonchev–Trinajstić information content (AvgIpc) is 2.56. The van der Waals surface area contributed by atoms with Crippen LogP contribution in [0, 0.1) is 0 Å². The second-order valence-corrected chi connectivity index (χ2v) is 6.01. The lowest BCUT2D eigenvalue weighted by Crippen LogP contribution is -2.41. The predicted octanol–water partition coefficient (Wildman–Crippen LogP) is 4.07. The van der Waals surface area contributed by atoms with Crippen LogP contribution in [0.15, 0.2) is 36.5 Å². The van der Waals surface area contributed by atoms with E-state index in [0.29, 0.717) is 5.95 Å². The van der Waals surface area contributed by atoms with Gasteiger partial charge in [-0.05, 0) is 50.6 Å². The van der Waals surface area contributed by atoms with Crippen LogP contribution in [0.2, 0.25) is 5.02 Å². The van der Waals surface area contributed by atoms with E-state index in [4.69, 9.17) is 16.6 Å². The summed E-state index contributed by atoms with van der Waals surface area (Å²) in [5.74, 6) is 0.685. The number of benzene rings is 1. The van der Waals surface area contributed by atoms with Gasteiger partial charge in [-0.25, -0.2) is 9.97 Å². The van der Waals surface area contributed by atoms with Crippen LogP contribution in [0.25, 0.3) is 0 Å². The predicted molar refractivity (Wildman–Crippen MR) is 105 cm³/mol. The van der Waals surface area contributed by atoms with Gasteiger partial charge >= 0.3 is 0 Å². The zero-order valence-electron chi connectivity index (χ0n) is 13.6. The molecule has 1 aliphatic heterocycles. The van der Waals surface area contributed by atoms with Gasteiger partial charge in [0, 0.05) is 23.2 Å². The Morgan fingerprint density at radius 3 is 2.54 bits per heavy atom. The summed E-state index contributed by atoms with van der Waals surface area (Å²) in [5.41, 5.74) is 2.07. The van der Waals surface area contributed by atoms with E-state index in [1.165, 1.54) is 5.56 Å². The molecule has 1 saturated heterocycles. The summed E-state index contributed by atoms with van der Waals surface area (Å²) in [5, 5.41) is 7.45. The quantitative estimate of drug-likeness (QED) is 0.827. The molecule has 0 atom stereocenters. The molecule has 0 unspecified atom stereocenters. The standard InChI is InChI=1S/C17H21ClN4.2ClH/c1-2-20-16-21-10-7-15(22-16)17(8-11-19-12-9-17)13-5-3-4-6-14(13)18;;/h3-7,10,19H,2,8-9,11-12H2,1H3,(H,20,21,22);2*1H. The van der Waals surface area contributed by atoms with Gasteiger partial charge in [0.15, 0.2) is 0 Å². The minimum Gasteiger partial charge on any atom is -0.354 e. The van der Waals surface area contributed by atoms with Crippen LogP contribution < -0.4 is 10.6 Å². The third kappa shape index (κ3) is 4.12. The molecule has 132 valence electrons. The van der Waals surface area contributed by atoms with Gasteiger partial charge in [-0.1, -0.05) is 29.8 Å². The number of rotatable bonds is 4. The van der Waals surface area contributed by atoms with E-state index in [2.05, 4.69) is 27.8 Å². The van der Waals surface area contributed by atoms with Crippen molar-refractivity contribution in [3.8, 4) is 0 Å². The maximum atomic E-state index is 6.52. The van der Waals surface area contributed by atoms with Crippen LogP contribution in [-0.4, -0.2) is 29.6 Å². The summed E-state index contributed by atoms with van der Waals surface area (Å²) in [6.45, 7) is 4.78. The van der Waals surface area contributed by atoms with E-state index in [9.17, 15) is 0 Å². The number of hydrogen-bond donors (Lipinski definition) is 2. The number of nitrogens with one attached hydrogen (secondary N) is 2. The molecule has 0 saturated carbocycles. The zero-order valence-corrected chi connectivity index (χ0v) is 16.0. The van der Waals surface area contributed by atoms with E-state index >= 15 is 0 Å². The molecule has 2 heterocycles. The van der Waals surface area contributed by atoms with Gasteiger partial charge in [-0.15, -0.1) is 24.8 Å². The summed E-state index contributed by atoms with van der Waals surface area (Å²) in [4.78, 5) is 9.07. The van der Waals surface area contributed by atoms with Crippen LogP contribution >= 0.6 is 36.4 Å². The van der Waals surface area contributed by atoms with Crippen molar-refractivity contribution in [2.75, 3.05) is 25.0 Å².